The molecule has 0 N–H and O–H groups in total. The van der Waals surface area contributed by atoms with Crippen LogP contribution in [-0.2, 0) is 22.0 Å². The van der Waals surface area contributed by atoms with E-state index >= 15 is 0 Å². The fraction of sp³-hybridized carbons (Fsp3) is 0.429. The number of rotatable bonds is 5. The van der Waals surface area contributed by atoms with Gasteiger partial charge in [0.1, 0.15) is 0 Å². The van der Waals surface area contributed by atoms with Crippen LogP contribution in [-0.4, -0.2) is 26.0 Å². The number of hydrogen-bond acceptors (Lipinski definition) is 3. The molecule has 0 heterocycles. The maximum atomic E-state index is 13.2. The number of benzene rings is 2. The SMILES string of the molecule is CSc1ccc(CN(C)S(=O)(=O)c2c(C)cc(C(C)(C)C)cc2C)cc1. The summed E-state index contributed by atoms with van der Waals surface area (Å²) >= 11 is 1.67. The fourth-order valence-electron chi connectivity index (χ4n) is 3.02. The molecule has 0 bridgehead atoms. The van der Waals surface area contributed by atoms with Crippen molar-refractivity contribution in [3.05, 3.63) is 58.7 Å². The molecule has 3 nitrogen and oxygen atoms in total. The van der Waals surface area contributed by atoms with Crippen LogP contribution in [0.2, 0.25) is 0 Å². The highest BCUT2D eigenvalue weighted by atomic mass is 32.2. The van der Waals surface area contributed by atoms with Gasteiger partial charge in [-0.2, -0.15) is 4.31 Å². The second-order valence-electron chi connectivity index (χ2n) is 7.80. The normalized spacial score (nSPS) is 12.6. The van der Waals surface area contributed by atoms with E-state index in [0.717, 1.165) is 22.3 Å². The van der Waals surface area contributed by atoms with Crippen molar-refractivity contribution in [1.82, 2.24) is 4.31 Å². The predicted molar refractivity (Wildman–Crippen MR) is 111 cm³/mol. The average Bonchev–Trinajstić information content (AvgIpc) is 2.53. The van der Waals surface area contributed by atoms with Crippen LogP contribution in [0, 0.1) is 13.8 Å². The van der Waals surface area contributed by atoms with E-state index in [0.29, 0.717) is 11.4 Å². The van der Waals surface area contributed by atoms with Gasteiger partial charge in [-0.05, 0) is 59.9 Å². The first-order chi connectivity index (χ1) is 12.0. The van der Waals surface area contributed by atoms with E-state index < -0.39 is 10.0 Å². The summed E-state index contributed by atoms with van der Waals surface area (Å²) in [6, 6.07) is 12.0. The monoisotopic (exact) mass is 391 g/mol. The number of hydrogen-bond donors (Lipinski definition) is 0. The summed E-state index contributed by atoms with van der Waals surface area (Å²) in [4.78, 5) is 1.59. The van der Waals surface area contributed by atoms with Crippen molar-refractivity contribution in [2.45, 2.75) is 56.4 Å². The van der Waals surface area contributed by atoms with Gasteiger partial charge in [0.25, 0.3) is 0 Å². The standard InChI is InChI=1S/C21H29NO2S2/c1-15-12-18(21(3,4)5)13-16(2)20(15)26(23,24)22(6)14-17-8-10-19(25-7)11-9-17/h8-13H,14H2,1-7H3. The molecule has 0 fully saturated rings. The van der Waals surface area contributed by atoms with E-state index in [9.17, 15) is 8.42 Å². The number of sulfonamides is 1. The maximum absolute atomic E-state index is 13.2. The van der Waals surface area contributed by atoms with Crippen LogP contribution in [0.25, 0.3) is 0 Å². The lowest BCUT2D eigenvalue weighted by Crippen LogP contribution is -2.28. The van der Waals surface area contributed by atoms with Gasteiger partial charge < -0.3 is 0 Å². The number of thioether (sulfide) groups is 1. The summed E-state index contributed by atoms with van der Waals surface area (Å²) in [6.45, 7) is 10.5. The van der Waals surface area contributed by atoms with E-state index in [1.54, 1.807) is 18.8 Å². The molecule has 0 aliphatic rings. The van der Waals surface area contributed by atoms with Gasteiger partial charge in [0.15, 0.2) is 0 Å². The van der Waals surface area contributed by atoms with Crippen LogP contribution in [0.15, 0.2) is 46.2 Å². The lowest BCUT2D eigenvalue weighted by Gasteiger charge is -2.24. The zero-order chi connectivity index (χ0) is 19.7. The van der Waals surface area contributed by atoms with Gasteiger partial charge in [0.2, 0.25) is 10.0 Å². The first kappa shape index (κ1) is 21.0. The molecule has 26 heavy (non-hydrogen) atoms. The van der Waals surface area contributed by atoms with Crippen molar-refractivity contribution in [1.29, 1.82) is 0 Å². The third-order valence-corrected chi connectivity index (χ3v) is 7.41. The zero-order valence-electron chi connectivity index (χ0n) is 16.8. The summed E-state index contributed by atoms with van der Waals surface area (Å²) in [5.41, 5.74) is 3.74. The summed E-state index contributed by atoms with van der Waals surface area (Å²) in [5, 5.41) is 0. The highest BCUT2D eigenvalue weighted by molar-refractivity contribution is 7.98. The molecule has 2 aromatic rings. The van der Waals surface area contributed by atoms with Crippen LogP contribution in [0.1, 0.15) is 43.0 Å². The molecule has 0 radical (unpaired) electrons. The largest absolute Gasteiger partial charge is 0.243 e. The molecule has 0 saturated carbocycles. The molecule has 0 amide bonds. The van der Waals surface area contributed by atoms with Gasteiger partial charge in [-0.25, -0.2) is 8.42 Å². The Morgan fingerprint density at radius 2 is 1.50 bits per heavy atom. The Labute approximate surface area is 162 Å². The molecule has 0 spiro atoms. The van der Waals surface area contributed by atoms with Gasteiger partial charge in [0, 0.05) is 18.5 Å². The minimum absolute atomic E-state index is 0.0112. The second-order valence-corrected chi connectivity index (χ2v) is 10.7. The number of nitrogens with zero attached hydrogens (tertiary/aromatic N) is 1. The molecule has 0 atom stereocenters. The Morgan fingerprint density at radius 1 is 1.00 bits per heavy atom. The van der Waals surface area contributed by atoms with Crippen LogP contribution < -0.4 is 0 Å². The highest BCUT2D eigenvalue weighted by Crippen LogP contribution is 2.31. The van der Waals surface area contributed by atoms with Gasteiger partial charge in [-0.3, -0.25) is 0 Å². The van der Waals surface area contributed by atoms with Gasteiger partial charge in [-0.1, -0.05) is 45.0 Å². The summed E-state index contributed by atoms with van der Waals surface area (Å²) in [7, 11) is -1.90. The van der Waals surface area contributed by atoms with Crippen molar-refractivity contribution in [3.63, 3.8) is 0 Å². The summed E-state index contributed by atoms with van der Waals surface area (Å²) in [5.74, 6) is 0. The minimum atomic E-state index is -3.55. The Bertz CT molecular complexity index is 856. The highest BCUT2D eigenvalue weighted by Gasteiger charge is 2.27. The molecule has 5 heteroatoms. The summed E-state index contributed by atoms with van der Waals surface area (Å²) in [6.07, 6.45) is 2.03. The van der Waals surface area contributed by atoms with Crippen molar-refractivity contribution in [2.24, 2.45) is 0 Å². The van der Waals surface area contributed by atoms with E-state index in [4.69, 9.17) is 0 Å². The maximum Gasteiger partial charge on any atom is 0.243 e. The molecule has 0 saturated heterocycles. The van der Waals surface area contributed by atoms with E-state index in [1.165, 1.54) is 9.20 Å². The quantitative estimate of drug-likeness (QED) is 0.662. The van der Waals surface area contributed by atoms with Crippen LogP contribution in [0.4, 0.5) is 0 Å². The molecular formula is C21H29NO2S2. The van der Waals surface area contributed by atoms with E-state index in [-0.39, 0.29) is 5.41 Å². The molecule has 0 unspecified atom stereocenters. The minimum Gasteiger partial charge on any atom is -0.207 e. The Hall–Kier alpha value is -1.30. The number of aryl methyl sites for hydroxylation is 2. The van der Waals surface area contributed by atoms with Crippen molar-refractivity contribution in [3.8, 4) is 0 Å². The van der Waals surface area contributed by atoms with Crippen LogP contribution in [0.3, 0.4) is 0 Å². The van der Waals surface area contributed by atoms with Crippen molar-refractivity contribution >= 4 is 21.8 Å². The Kier molecular flexibility index (Phi) is 6.26. The average molecular weight is 392 g/mol. The van der Waals surface area contributed by atoms with Crippen molar-refractivity contribution in [2.75, 3.05) is 13.3 Å². The van der Waals surface area contributed by atoms with Crippen LogP contribution >= 0.6 is 11.8 Å². The van der Waals surface area contributed by atoms with Crippen LogP contribution in [0.5, 0.6) is 0 Å². The van der Waals surface area contributed by atoms with Crippen molar-refractivity contribution < 1.29 is 8.42 Å². The molecular weight excluding hydrogens is 362 g/mol. The Morgan fingerprint density at radius 3 is 1.92 bits per heavy atom. The predicted octanol–water partition coefficient (Wildman–Crippen LogP) is 5.14. The van der Waals surface area contributed by atoms with E-state index in [1.807, 2.05) is 56.5 Å². The molecule has 2 aromatic carbocycles. The smallest absolute Gasteiger partial charge is 0.207 e. The third kappa shape index (κ3) is 4.51. The van der Waals surface area contributed by atoms with E-state index in [2.05, 4.69) is 20.8 Å². The second kappa shape index (κ2) is 7.75. The molecule has 0 aliphatic heterocycles. The lowest BCUT2D eigenvalue weighted by molar-refractivity contribution is 0.465. The lowest BCUT2D eigenvalue weighted by atomic mass is 9.85. The zero-order valence-corrected chi connectivity index (χ0v) is 18.4. The molecule has 0 aromatic heterocycles. The summed E-state index contributed by atoms with van der Waals surface area (Å²) < 4.78 is 27.8. The molecule has 142 valence electrons. The first-order valence-electron chi connectivity index (χ1n) is 8.68. The molecule has 0 aliphatic carbocycles. The van der Waals surface area contributed by atoms with Gasteiger partial charge >= 0.3 is 0 Å². The molecule has 2 rings (SSSR count). The Balaban J connectivity index is 2.36. The first-order valence-corrected chi connectivity index (χ1v) is 11.3. The van der Waals surface area contributed by atoms with Gasteiger partial charge in [0.05, 0.1) is 4.90 Å². The third-order valence-electron chi connectivity index (χ3n) is 4.56. The fourth-order valence-corrected chi connectivity index (χ4v) is 4.99. The van der Waals surface area contributed by atoms with Gasteiger partial charge in [-0.15, -0.1) is 11.8 Å². The topological polar surface area (TPSA) is 37.4 Å².